The fourth-order valence-corrected chi connectivity index (χ4v) is 13.1. The van der Waals surface area contributed by atoms with Gasteiger partial charge < -0.3 is 33.8 Å². The van der Waals surface area contributed by atoms with Crippen LogP contribution in [-0.4, -0.2) is 96.7 Å². The summed E-state index contributed by atoms with van der Waals surface area (Å²) in [5, 5.41) is 10.6. The summed E-state index contributed by atoms with van der Waals surface area (Å²) in [6, 6.07) is 0. The average Bonchev–Trinajstić information content (AvgIpc) is 1.66. The zero-order valence-corrected chi connectivity index (χ0v) is 64.1. The first-order valence-corrected chi connectivity index (χ1v) is 42.2. The number of hydrogen-bond donors (Lipinski definition) is 3. The van der Waals surface area contributed by atoms with Crippen LogP contribution in [0.3, 0.4) is 0 Å². The molecular formula is C76H148O17P2. The molecule has 0 fully saturated rings. The number of hydrogen-bond acceptors (Lipinski definition) is 15. The van der Waals surface area contributed by atoms with Gasteiger partial charge in [-0.3, -0.25) is 37.3 Å². The van der Waals surface area contributed by atoms with Crippen molar-refractivity contribution >= 4 is 39.5 Å². The molecule has 0 rings (SSSR count). The van der Waals surface area contributed by atoms with Gasteiger partial charge in [0.25, 0.3) is 0 Å². The molecule has 0 aliphatic rings. The molecule has 0 aromatic heterocycles. The van der Waals surface area contributed by atoms with Gasteiger partial charge in [0.15, 0.2) is 12.2 Å². The van der Waals surface area contributed by atoms with Gasteiger partial charge in [0.05, 0.1) is 26.4 Å². The molecule has 0 aromatic carbocycles. The Labute approximate surface area is 581 Å². The minimum Gasteiger partial charge on any atom is -0.462 e. The van der Waals surface area contributed by atoms with Gasteiger partial charge in [-0.1, -0.05) is 331 Å². The Hall–Kier alpha value is -1.94. The summed E-state index contributed by atoms with van der Waals surface area (Å²) in [7, 11) is -9.91. The van der Waals surface area contributed by atoms with Crippen molar-refractivity contribution in [2.75, 3.05) is 39.6 Å². The van der Waals surface area contributed by atoms with Gasteiger partial charge in [0, 0.05) is 25.7 Å². The Morgan fingerprint density at radius 1 is 0.263 bits per heavy atom. The maximum atomic E-state index is 13.1. The molecule has 0 aliphatic carbocycles. The van der Waals surface area contributed by atoms with Gasteiger partial charge in [-0.15, -0.1) is 0 Å². The Morgan fingerprint density at radius 2 is 0.442 bits per heavy atom. The normalized spacial score (nSPS) is 14.1. The maximum Gasteiger partial charge on any atom is 0.472 e. The van der Waals surface area contributed by atoms with E-state index < -0.39 is 97.5 Å². The minimum absolute atomic E-state index is 0.105. The van der Waals surface area contributed by atoms with Crippen molar-refractivity contribution in [3.63, 3.8) is 0 Å². The third-order valence-corrected chi connectivity index (χ3v) is 19.5. The lowest BCUT2D eigenvalue weighted by Gasteiger charge is -2.21. The lowest BCUT2D eigenvalue weighted by atomic mass is 10.0. The predicted molar refractivity (Wildman–Crippen MR) is 386 cm³/mol. The van der Waals surface area contributed by atoms with E-state index in [1.165, 1.54) is 180 Å². The van der Waals surface area contributed by atoms with Crippen molar-refractivity contribution in [2.24, 2.45) is 23.7 Å². The second kappa shape index (κ2) is 65.4. The summed E-state index contributed by atoms with van der Waals surface area (Å²) in [4.78, 5) is 72.7. The summed E-state index contributed by atoms with van der Waals surface area (Å²) >= 11 is 0. The highest BCUT2D eigenvalue weighted by Gasteiger charge is 2.30. The molecule has 0 aliphatic heterocycles. The summed E-state index contributed by atoms with van der Waals surface area (Å²) in [6.07, 6.45) is 50.3. The van der Waals surface area contributed by atoms with Gasteiger partial charge in [-0.25, -0.2) is 9.13 Å². The number of esters is 4. The monoisotopic (exact) mass is 1400 g/mol. The number of phosphoric ester groups is 2. The van der Waals surface area contributed by atoms with E-state index in [2.05, 4.69) is 55.4 Å². The van der Waals surface area contributed by atoms with Crippen molar-refractivity contribution in [3.8, 4) is 0 Å². The summed E-state index contributed by atoms with van der Waals surface area (Å²) in [5.41, 5.74) is 0. The molecule has 0 heterocycles. The van der Waals surface area contributed by atoms with Crippen molar-refractivity contribution in [2.45, 2.75) is 401 Å². The molecule has 0 spiro atoms. The van der Waals surface area contributed by atoms with Gasteiger partial charge in [0.1, 0.15) is 19.3 Å². The van der Waals surface area contributed by atoms with Crippen molar-refractivity contribution < 1.29 is 80.2 Å². The van der Waals surface area contributed by atoms with Crippen LogP contribution in [0.2, 0.25) is 0 Å². The van der Waals surface area contributed by atoms with Crippen LogP contribution in [0.15, 0.2) is 0 Å². The molecule has 17 nitrogen and oxygen atoms in total. The van der Waals surface area contributed by atoms with Crippen LogP contribution in [0.5, 0.6) is 0 Å². The van der Waals surface area contributed by atoms with Crippen molar-refractivity contribution in [3.05, 3.63) is 0 Å². The molecule has 0 saturated heterocycles. The highest BCUT2D eigenvalue weighted by molar-refractivity contribution is 7.47. The second-order valence-corrected chi connectivity index (χ2v) is 32.2. The SMILES string of the molecule is CC(C)CCCCCCCCCCCCCCCCCCCCC(=O)O[C@H](COC(=O)CCCCCCCCCCC(C)C)COP(=O)(O)OC[C@@H](O)COP(=O)(O)OC[C@@H](COC(=O)CCCCCCCCC(C)C)OC(=O)CCCCCCCCCCCCCC(C)C. The van der Waals surface area contributed by atoms with E-state index in [1.54, 1.807) is 0 Å². The van der Waals surface area contributed by atoms with Gasteiger partial charge in [-0.2, -0.15) is 0 Å². The number of unbranched alkanes of at least 4 members (excludes halogenated alkanes) is 39. The first-order valence-electron chi connectivity index (χ1n) is 39.2. The van der Waals surface area contributed by atoms with E-state index in [4.69, 9.17) is 37.0 Å². The lowest BCUT2D eigenvalue weighted by molar-refractivity contribution is -0.161. The standard InChI is InChI=1S/C76H148O17P2/c1-66(2)52-44-36-28-22-18-15-13-11-9-10-12-14-16-20-24-32-42-50-58-75(80)92-71(62-86-73(78)56-48-40-31-27-26-30-38-46-54-68(5)6)64-90-94(82,83)88-60-70(77)61-89-95(84,85)91-65-72(63-87-74(79)57-49-41-35-34-39-47-55-69(7)8)93-76(81)59-51-43-33-25-21-17-19-23-29-37-45-53-67(3)4/h66-72,77H,9-65H2,1-8H3,(H,82,83)(H,84,85)/t70-,71-,72-/m1/s1. The summed E-state index contributed by atoms with van der Waals surface area (Å²) < 4.78 is 68.4. The molecule has 0 radical (unpaired) electrons. The molecule has 564 valence electrons. The van der Waals surface area contributed by atoms with E-state index in [9.17, 15) is 43.2 Å². The molecule has 0 bridgehead atoms. The predicted octanol–water partition coefficient (Wildman–Crippen LogP) is 22.0. The number of carbonyl (C=O) groups excluding carboxylic acids is 4. The molecule has 5 atom stereocenters. The molecule has 0 aromatic rings. The smallest absolute Gasteiger partial charge is 0.462 e. The van der Waals surface area contributed by atoms with Crippen LogP contribution < -0.4 is 0 Å². The fraction of sp³-hybridized carbons (Fsp3) is 0.947. The number of phosphoric acid groups is 2. The van der Waals surface area contributed by atoms with Crippen molar-refractivity contribution in [1.29, 1.82) is 0 Å². The van der Waals surface area contributed by atoms with Crippen LogP contribution in [0.1, 0.15) is 383 Å². The van der Waals surface area contributed by atoms with E-state index in [0.717, 1.165) is 114 Å². The first-order chi connectivity index (χ1) is 45.6. The van der Waals surface area contributed by atoms with E-state index in [0.29, 0.717) is 31.6 Å². The van der Waals surface area contributed by atoms with E-state index >= 15 is 0 Å². The highest BCUT2D eigenvalue weighted by atomic mass is 31.2. The Balaban J connectivity index is 5.18. The molecule has 2 unspecified atom stereocenters. The maximum absolute atomic E-state index is 13.1. The number of aliphatic hydroxyl groups excluding tert-OH is 1. The van der Waals surface area contributed by atoms with Crippen molar-refractivity contribution in [1.82, 2.24) is 0 Å². The minimum atomic E-state index is -4.96. The third-order valence-electron chi connectivity index (χ3n) is 17.6. The van der Waals surface area contributed by atoms with Crippen LogP contribution in [0, 0.1) is 23.7 Å². The number of carbonyl (C=O) groups is 4. The number of aliphatic hydroxyl groups is 1. The molecule has 3 N–H and O–H groups in total. The summed E-state index contributed by atoms with van der Waals surface area (Å²) in [6.45, 7) is 14.1. The average molecular weight is 1400 g/mol. The Kier molecular flexibility index (Phi) is 64.0. The van der Waals surface area contributed by atoms with Crippen LogP contribution in [0.25, 0.3) is 0 Å². The van der Waals surface area contributed by atoms with Gasteiger partial charge >= 0.3 is 39.5 Å². The third kappa shape index (κ3) is 70.3. The first kappa shape index (κ1) is 93.1. The molecular weight excluding hydrogens is 1250 g/mol. The summed E-state index contributed by atoms with van der Waals surface area (Å²) in [5.74, 6) is 0.867. The highest BCUT2D eigenvalue weighted by Crippen LogP contribution is 2.45. The molecule has 0 saturated carbocycles. The Bertz CT molecular complexity index is 1870. The van der Waals surface area contributed by atoms with Gasteiger partial charge in [-0.05, 0) is 49.4 Å². The quantitative estimate of drug-likeness (QED) is 0.0222. The topological polar surface area (TPSA) is 237 Å². The Morgan fingerprint density at radius 3 is 0.653 bits per heavy atom. The largest absolute Gasteiger partial charge is 0.472 e. The van der Waals surface area contributed by atoms with Crippen LogP contribution in [0.4, 0.5) is 0 Å². The fourth-order valence-electron chi connectivity index (χ4n) is 11.6. The molecule has 0 amide bonds. The number of rotatable bonds is 73. The van der Waals surface area contributed by atoms with E-state index in [1.807, 2.05) is 0 Å². The zero-order chi connectivity index (χ0) is 70.3. The zero-order valence-electron chi connectivity index (χ0n) is 62.3. The lowest BCUT2D eigenvalue weighted by Crippen LogP contribution is -2.30. The van der Waals surface area contributed by atoms with E-state index in [-0.39, 0.29) is 25.7 Å². The molecule has 95 heavy (non-hydrogen) atoms. The second-order valence-electron chi connectivity index (χ2n) is 29.3. The van der Waals surface area contributed by atoms with Gasteiger partial charge in [0.2, 0.25) is 0 Å². The van der Waals surface area contributed by atoms with Crippen LogP contribution in [-0.2, 0) is 65.4 Å². The molecule has 19 heteroatoms. The van der Waals surface area contributed by atoms with Crippen LogP contribution >= 0.6 is 15.6 Å². The number of ether oxygens (including phenoxy) is 4.